The van der Waals surface area contributed by atoms with Crippen molar-refractivity contribution in [2.45, 2.75) is 15.2 Å². The second kappa shape index (κ2) is 6.96. The van der Waals surface area contributed by atoms with Crippen molar-refractivity contribution in [3.8, 4) is 5.69 Å². The summed E-state index contributed by atoms with van der Waals surface area (Å²) < 4.78 is 4.39. The molecule has 0 saturated carbocycles. The summed E-state index contributed by atoms with van der Waals surface area (Å²) in [5, 5.41) is 9.60. The van der Waals surface area contributed by atoms with Crippen molar-refractivity contribution in [2.24, 2.45) is 0 Å². The average Bonchev–Trinajstić information content (AvgIpc) is 3.23. The molecular weight excluding hydrogens is 356 g/mol. The molecule has 0 spiro atoms. The summed E-state index contributed by atoms with van der Waals surface area (Å²) >= 11 is 5.03. The van der Waals surface area contributed by atoms with Crippen LogP contribution in [-0.4, -0.2) is 26.0 Å². The van der Waals surface area contributed by atoms with Gasteiger partial charge in [0.25, 0.3) is 0 Å². The van der Waals surface area contributed by atoms with Gasteiger partial charge in [-0.2, -0.15) is 0 Å². The monoisotopic (exact) mass is 370 g/mol. The number of nitrogens with zero attached hydrogens (tertiary/aromatic N) is 4. The minimum Gasteiger partial charge on any atom is -0.273 e. The van der Waals surface area contributed by atoms with Crippen LogP contribution in [0.5, 0.6) is 0 Å². The first-order valence-electron chi connectivity index (χ1n) is 7.37. The third-order valence-electron chi connectivity index (χ3n) is 3.50. The van der Waals surface area contributed by atoms with Crippen LogP contribution in [0.2, 0.25) is 0 Å². The number of hydrogen-bond acceptors (Lipinski definition) is 6. The van der Waals surface area contributed by atoms with E-state index in [1.807, 2.05) is 42.7 Å². The Morgan fingerprint density at radius 3 is 2.58 bits per heavy atom. The molecule has 2 aromatic carbocycles. The third kappa shape index (κ3) is 3.07. The van der Waals surface area contributed by atoms with Gasteiger partial charge in [-0.1, -0.05) is 53.9 Å². The van der Waals surface area contributed by atoms with Gasteiger partial charge in [0.1, 0.15) is 5.82 Å². The smallest absolute Gasteiger partial charge is 0.195 e. The minimum atomic E-state index is 0.738. The zero-order chi connectivity index (χ0) is 16.4. The molecule has 2 aromatic heterocycles. The van der Waals surface area contributed by atoms with Crippen molar-refractivity contribution in [3.05, 3.63) is 60.4 Å². The van der Waals surface area contributed by atoms with Crippen LogP contribution >= 0.6 is 34.9 Å². The van der Waals surface area contributed by atoms with E-state index >= 15 is 0 Å². The highest BCUT2D eigenvalue weighted by Crippen LogP contribution is 2.32. The molecule has 4 aromatic rings. The van der Waals surface area contributed by atoms with Crippen LogP contribution in [0.15, 0.2) is 64.1 Å². The standard InChI is InChI=1S/C17H14N4S3/c1-22-16-20-19-15(21(16)12-7-3-2-4-8-12)11-23-17-18-13-9-5-6-10-14(13)24-17/h2-10H,11H2,1H3. The Hall–Kier alpha value is -1.83. The Balaban J connectivity index is 1.62. The van der Waals surface area contributed by atoms with Gasteiger partial charge in [-0.05, 0) is 30.5 Å². The SMILES string of the molecule is CSc1nnc(CSc2nc3ccccc3s2)n1-c1ccccc1. The minimum absolute atomic E-state index is 0.738. The second-order valence-corrected chi connectivity index (χ2v) is 8.04. The number of rotatable bonds is 5. The van der Waals surface area contributed by atoms with E-state index in [0.717, 1.165) is 32.3 Å². The summed E-state index contributed by atoms with van der Waals surface area (Å²) in [6.07, 6.45) is 2.02. The highest BCUT2D eigenvalue weighted by molar-refractivity contribution is 8.00. The molecule has 0 aliphatic carbocycles. The van der Waals surface area contributed by atoms with Gasteiger partial charge in [0, 0.05) is 5.69 Å². The van der Waals surface area contributed by atoms with Gasteiger partial charge in [0.2, 0.25) is 0 Å². The lowest BCUT2D eigenvalue weighted by molar-refractivity contribution is 0.866. The van der Waals surface area contributed by atoms with Gasteiger partial charge in [0.15, 0.2) is 9.50 Å². The topological polar surface area (TPSA) is 43.6 Å². The van der Waals surface area contributed by atoms with Crippen LogP contribution in [-0.2, 0) is 5.75 Å². The lowest BCUT2D eigenvalue weighted by Crippen LogP contribution is -2.01. The average molecular weight is 371 g/mol. The van der Waals surface area contributed by atoms with Gasteiger partial charge in [-0.25, -0.2) is 4.98 Å². The molecule has 0 aliphatic heterocycles. The highest BCUT2D eigenvalue weighted by Gasteiger charge is 2.14. The van der Waals surface area contributed by atoms with Crippen LogP contribution in [0.1, 0.15) is 5.82 Å². The predicted octanol–water partition coefficient (Wildman–Crippen LogP) is 4.89. The normalized spacial score (nSPS) is 11.2. The number of thiazole rings is 1. The Morgan fingerprint density at radius 2 is 1.79 bits per heavy atom. The van der Waals surface area contributed by atoms with E-state index in [1.54, 1.807) is 34.9 Å². The molecule has 0 amide bonds. The van der Waals surface area contributed by atoms with Crippen LogP contribution < -0.4 is 0 Å². The number of hydrogen-bond donors (Lipinski definition) is 0. The third-order valence-corrected chi connectivity index (χ3v) is 6.30. The maximum atomic E-state index is 4.68. The fourth-order valence-corrected chi connectivity index (χ4v) is 4.90. The highest BCUT2D eigenvalue weighted by atomic mass is 32.2. The molecule has 2 heterocycles. The number of para-hydroxylation sites is 2. The second-order valence-electron chi connectivity index (χ2n) is 5.01. The van der Waals surface area contributed by atoms with E-state index in [0.29, 0.717) is 0 Å². The Kier molecular flexibility index (Phi) is 4.55. The van der Waals surface area contributed by atoms with Crippen LogP contribution in [0.3, 0.4) is 0 Å². The van der Waals surface area contributed by atoms with E-state index in [9.17, 15) is 0 Å². The Morgan fingerprint density at radius 1 is 1.00 bits per heavy atom. The van der Waals surface area contributed by atoms with Gasteiger partial charge in [-0.3, -0.25) is 4.57 Å². The molecule has 0 saturated heterocycles. The number of thioether (sulfide) groups is 2. The van der Waals surface area contributed by atoms with Gasteiger partial charge in [-0.15, -0.1) is 21.5 Å². The van der Waals surface area contributed by atoms with Crippen LogP contribution in [0.4, 0.5) is 0 Å². The molecule has 0 radical (unpaired) electrons. The molecule has 0 aliphatic rings. The first-order chi connectivity index (χ1) is 11.8. The first-order valence-corrected chi connectivity index (χ1v) is 10.4. The van der Waals surface area contributed by atoms with Crippen molar-refractivity contribution in [2.75, 3.05) is 6.26 Å². The van der Waals surface area contributed by atoms with Crippen molar-refractivity contribution in [1.29, 1.82) is 0 Å². The van der Waals surface area contributed by atoms with Crippen LogP contribution in [0.25, 0.3) is 15.9 Å². The molecule has 4 nitrogen and oxygen atoms in total. The summed E-state index contributed by atoms with van der Waals surface area (Å²) in [5.74, 6) is 1.68. The van der Waals surface area contributed by atoms with E-state index < -0.39 is 0 Å². The van der Waals surface area contributed by atoms with Gasteiger partial charge >= 0.3 is 0 Å². The zero-order valence-corrected chi connectivity index (χ0v) is 15.4. The maximum Gasteiger partial charge on any atom is 0.195 e. The lowest BCUT2D eigenvalue weighted by atomic mass is 10.3. The summed E-state index contributed by atoms with van der Waals surface area (Å²) in [6.45, 7) is 0. The number of aromatic nitrogens is 4. The van der Waals surface area contributed by atoms with E-state index in [1.165, 1.54) is 4.70 Å². The predicted molar refractivity (Wildman–Crippen MR) is 102 cm³/mol. The fraction of sp³-hybridized carbons (Fsp3) is 0.118. The summed E-state index contributed by atoms with van der Waals surface area (Å²) in [7, 11) is 0. The van der Waals surface area contributed by atoms with Crippen molar-refractivity contribution >= 4 is 45.1 Å². The van der Waals surface area contributed by atoms with Crippen LogP contribution in [0, 0.1) is 0 Å². The molecule has 4 rings (SSSR count). The molecule has 0 bridgehead atoms. The van der Waals surface area contributed by atoms with Gasteiger partial charge < -0.3 is 0 Å². The van der Waals surface area contributed by atoms with Gasteiger partial charge in [0.05, 0.1) is 16.0 Å². The molecular formula is C17H14N4S3. The van der Waals surface area contributed by atoms with Crippen molar-refractivity contribution < 1.29 is 0 Å². The summed E-state index contributed by atoms with van der Waals surface area (Å²) in [4.78, 5) is 4.68. The van der Waals surface area contributed by atoms with E-state index in [2.05, 4.69) is 37.9 Å². The lowest BCUT2D eigenvalue weighted by Gasteiger charge is -2.08. The summed E-state index contributed by atoms with van der Waals surface area (Å²) in [5.41, 5.74) is 2.14. The quantitative estimate of drug-likeness (QED) is 0.468. The Labute approximate surface area is 152 Å². The molecule has 0 atom stereocenters. The van der Waals surface area contributed by atoms with E-state index in [4.69, 9.17) is 0 Å². The molecule has 0 fully saturated rings. The fourth-order valence-electron chi connectivity index (χ4n) is 2.40. The maximum absolute atomic E-state index is 4.68. The molecule has 7 heteroatoms. The molecule has 120 valence electrons. The molecule has 0 unspecified atom stereocenters. The van der Waals surface area contributed by atoms with Crippen molar-refractivity contribution in [3.63, 3.8) is 0 Å². The molecule has 24 heavy (non-hydrogen) atoms. The zero-order valence-electron chi connectivity index (χ0n) is 12.9. The first kappa shape index (κ1) is 15.7. The number of fused-ring (bicyclic) bond motifs is 1. The van der Waals surface area contributed by atoms with E-state index in [-0.39, 0.29) is 0 Å². The number of benzene rings is 2. The largest absolute Gasteiger partial charge is 0.273 e. The summed E-state index contributed by atoms with van der Waals surface area (Å²) in [6, 6.07) is 18.5. The Bertz CT molecular complexity index is 929. The molecule has 0 N–H and O–H groups in total. The van der Waals surface area contributed by atoms with Crippen molar-refractivity contribution in [1.82, 2.24) is 19.7 Å².